The number of hydrogen-bond donors (Lipinski definition) is 1. The average Bonchev–Trinajstić information content (AvgIpc) is 2.59. The van der Waals surface area contributed by atoms with Crippen LogP contribution in [0.3, 0.4) is 0 Å². The minimum Gasteiger partial charge on any atom is -0.341 e. The summed E-state index contributed by atoms with van der Waals surface area (Å²) in [6.45, 7) is 0.662. The lowest BCUT2D eigenvalue weighted by molar-refractivity contribution is -0.384. The van der Waals surface area contributed by atoms with Gasteiger partial charge in [-0.25, -0.2) is 4.98 Å². The Balaban J connectivity index is 2.52. The topological polar surface area (TPSA) is 75.1 Å². The van der Waals surface area contributed by atoms with Crippen molar-refractivity contribution in [2.75, 3.05) is 14.1 Å². The summed E-state index contributed by atoms with van der Waals surface area (Å²) in [7, 11) is 3.87. The SMILES string of the molecule is CN(C)Cc1nc2c(Br)cc([N+](=O)[O-])cc2[nH]1. The summed E-state index contributed by atoms with van der Waals surface area (Å²) in [5.41, 5.74) is 1.43. The molecule has 0 saturated heterocycles. The normalized spacial score (nSPS) is 11.3. The summed E-state index contributed by atoms with van der Waals surface area (Å²) in [4.78, 5) is 19.7. The lowest BCUT2D eigenvalue weighted by atomic mass is 10.3. The first kappa shape index (κ1) is 12.0. The van der Waals surface area contributed by atoms with E-state index in [0.29, 0.717) is 22.1 Å². The average molecular weight is 299 g/mol. The highest BCUT2D eigenvalue weighted by Gasteiger charge is 2.13. The molecule has 0 bridgehead atoms. The Kier molecular flexibility index (Phi) is 3.12. The molecule has 0 atom stereocenters. The van der Waals surface area contributed by atoms with E-state index in [1.165, 1.54) is 12.1 Å². The molecule has 6 nitrogen and oxygen atoms in total. The van der Waals surface area contributed by atoms with Gasteiger partial charge in [-0.2, -0.15) is 0 Å². The van der Waals surface area contributed by atoms with Gasteiger partial charge in [-0.05, 0) is 30.0 Å². The Labute approximate surface area is 106 Å². The van der Waals surface area contributed by atoms with Crippen molar-refractivity contribution in [2.24, 2.45) is 0 Å². The fourth-order valence-corrected chi connectivity index (χ4v) is 2.13. The molecule has 1 aromatic carbocycles. The second-order valence-electron chi connectivity index (χ2n) is 4.00. The van der Waals surface area contributed by atoms with Gasteiger partial charge >= 0.3 is 0 Å². The summed E-state index contributed by atoms with van der Waals surface area (Å²) in [5.74, 6) is 0.784. The zero-order valence-corrected chi connectivity index (χ0v) is 11.0. The molecule has 1 N–H and O–H groups in total. The van der Waals surface area contributed by atoms with E-state index in [-0.39, 0.29) is 5.69 Å². The molecule has 7 heteroatoms. The van der Waals surface area contributed by atoms with Crippen molar-refractivity contribution in [1.29, 1.82) is 0 Å². The predicted molar refractivity (Wildman–Crippen MR) is 67.8 cm³/mol. The van der Waals surface area contributed by atoms with Gasteiger partial charge in [0.15, 0.2) is 0 Å². The number of fused-ring (bicyclic) bond motifs is 1. The largest absolute Gasteiger partial charge is 0.341 e. The van der Waals surface area contributed by atoms with Gasteiger partial charge in [-0.1, -0.05) is 0 Å². The van der Waals surface area contributed by atoms with Crippen LogP contribution >= 0.6 is 15.9 Å². The molecule has 0 aliphatic rings. The quantitative estimate of drug-likeness (QED) is 0.697. The van der Waals surface area contributed by atoms with Crippen LogP contribution in [0.1, 0.15) is 5.82 Å². The summed E-state index contributed by atoms with van der Waals surface area (Å²) < 4.78 is 0.628. The van der Waals surface area contributed by atoms with E-state index in [9.17, 15) is 10.1 Å². The van der Waals surface area contributed by atoms with Gasteiger partial charge in [-0.3, -0.25) is 10.1 Å². The van der Waals surface area contributed by atoms with Crippen LogP contribution in [0.25, 0.3) is 11.0 Å². The van der Waals surface area contributed by atoms with Crippen LogP contribution in [0.15, 0.2) is 16.6 Å². The van der Waals surface area contributed by atoms with E-state index >= 15 is 0 Å². The predicted octanol–water partition coefficient (Wildman–Crippen LogP) is 2.30. The Morgan fingerprint density at radius 1 is 1.53 bits per heavy atom. The summed E-state index contributed by atoms with van der Waals surface area (Å²) >= 11 is 3.30. The molecular weight excluding hydrogens is 288 g/mol. The number of non-ortho nitro benzene ring substituents is 1. The van der Waals surface area contributed by atoms with E-state index in [2.05, 4.69) is 25.9 Å². The zero-order chi connectivity index (χ0) is 12.6. The van der Waals surface area contributed by atoms with Crippen molar-refractivity contribution >= 4 is 32.7 Å². The van der Waals surface area contributed by atoms with E-state index in [1.54, 1.807) is 0 Å². The minimum atomic E-state index is -0.420. The molecule has 0 spiro atoms. The van der Waals surface area contributed by atoms with E-state index in [1.807, 2.05) is 19.0 Å². The maximum Gasteiger partial charge on any atom is 0.272 e. The van der Waals surface area contributed by atoms with Crippen LogP contribution in [-0.2, 0) is 6.54 Å². The number of halogens is 1. The van der Waals surface area contributed by atoms with Crippen LogP contribution in [0.5, 0.6) is 0 Å². The van der Waals surface area contributed by atoms with Gasteiger partial charge in [-0.15, -0.1) is 0 Å². The van der Waals surface area contributed by atoms with Crippen molar-refractivity contribution in [2.45, 2.75) is 6.54 Å². The van der Waals surface area contributed by atoms with Crippen LogP contribution in [0, 0.1) is 10.1 Å². The fraction of sp³-hybridized carbons (Fsp3) is 0.300. The van der Waals surface area contributed by atoms with Crippen molar-refractivity contribution in [3.8, 4) is 0 Å². The molecule has 1 aromatic heterocycles. The second kappa shape index (κ2) is 4.42. The minimum absolute atomic E-state index is 0.0458. The van der Waals surface area contributed by atoms with Crippen LogP contribution < -0.4 is 0 Å². The summed E-state index contributed by atoms with van der Waals surface area (Å²) in [5, 5.41) is 10.7. The van der Waals surface area contributed by atoms with Gasteiger partial charge in [0.25, 0.3) is 5.69 Å². The fourth-order valence-electron chi connectivity index (χ4n) is 1.59. The van der Waals surface area contributed by atoms with Gasteiger partial charge in [0.2, 0.25) is 0 Å². The Hall–Kier alpha value is -1.47. The van der Waals surface area contributed by atoms with Gasteiger partial charge < -0.3 is 9.88 Å². The number of nitrogens with one attached hydrogen (secondary N) is 1. The summed E-state index contributed by atoms with van der Waals surface area (Å²) in [6.07, 6.45) is 0. The van der Waals surface area contributed by atoms with Crippen molar-refractivity contribution in [3.05, 3.63) is 32.5 Å². The van der Waals surface area contributed by atoms with Crippen LogP contribution in [0.4, 0.5) is 5.69 Å². The second-order valence-corrected chi connectivity index (χ2v) is 4.86. The third-order valence-corrected chi connectivity index (χ3v) is 2.86. The molecule has 0 unspecified atom stereocenters. The molecule has 2 aromatic rings. The number of nitro benzene ring substituents is 1. The van der Waals surface area contributed by atoms with Gasteiger partial charge in [0.05, 0.1) is 21.5 Å². The molecular formula is C10H11BrN4O2. The molecule has 1 heterocycles. The molecule has 17 heavy (non-hydrogen) atoms. The number of nitrogens with zero attached hydrogens (tertiary/aromatic N) is 3. The molecule has 90 valence electrons. The zero-order valence-electron chi connectivity index (χ0n) is 9.40. The van der Waals surface area contributed by atoms with E-state index in [4.69, 9.17) is 0 Å². The van der Waals surface area contributed by atoms with Crippen LogP contribution in [-0.4, -0.2) is 33.9 Å². The number of rotatable bonds is 3. The maximum atomic E-state index is 10.7. The Bertz CT molecular complexity index is 579. The number of H-pyrrole nitrogens is 1. The van der Waals surface area contributed by atoms with E-state index in [0.717, 1.165) is 5.82 Å². The lowest BCUT2D eigenvalue weighted by Gasteiger charge is -2.04. The number of hydrogen-bond acceptors (Lipinski definition) is 4. The number of aromatic amines is 1. The molecule has 0 radical (unpaired) electrons. The number of nitro groups is 1. The van der Waals surface area contributed by atoms with Crippen LogP contribution in [0.2, 0.25) is 0 Å². The number of aromatic nitrogens is 2. The highest BCUT2D eigenvalue weighted by Crippen LogP contribution is 2.27. The molecule has 0 amide bonds. The smallest absolute Gasteiger partial charge is 0.272 e. The first-order valence-corrected chi connectivity index (χ1v) is 5.74. The molecule has 2 rings (SSSR count). The highest BCUT2D eigenvalue weighted by atomic mass is 79.9. The van der Waals surface area contributed by atoms with Gasteiger partial charge in [0.1, 0.15) is 11.3 Å². The Morgan fingerprint density at radius 2 is 2.24 bits per heavy atom. The number of imidazole rings is 1. The first-order valence-electron chi connectivity index (χ1n) is 4.94. The standard InChI is InChI=1S/C10H11BrN4O2/c1-14(2)5-9-12-8-4-6(15(16)17)3-7(11)10(8)13-9/h3-4H,5H2,1-2H3,(H,12,13). The third-order valence-electron chi connectivity index (χ3n) is 2.25. The van der Waals surface area contributed by atoms with Crippen molar-refractivity contribution in [1.82, 2.24) is 14.9 Å². The van der Waals surface area contributed by atoms with Crippen molar-refractivity contribution < 1.29 is 4.92 Å². The molecule has 0 aliphatic carbocycles. The molecule has 0 saturated carbocycles. The molecule has 0 aliphatic heterocycles. The van der Waals surface area contributed by atoms with Crippen molar-refractivity contribution in [3.63, 3.8) is 0 Å². The molecule has 0 fully saturated rings. The highest BCUT2D eigenvalue weighted by molar-refractivity contribution is 9.10. The lowest BCUT2D eigenvalue weighted by Crippen LogP contribution is -2.11. The maximum absolute atomic E-state index is 10.7. The third kappa shape index (κ3) is 2.45. The van der Waals surface area contributed by atoms with E-state index < -0.39 is 4.92 Å². The summed E-state index contributed by atoms with van der Waals surface area (Å²) in [6, 6.07) is 2.95. The first-order chi connectivity index (χ1) is 7.97. The monoisotopic (exact) mass is 298 g/mol. The Morgan fingerprint density at radius 3 is 2.82 bits per heavy atom. The number of benzene rings is 1. The van der Waals surface area contributed by atoms with Gasteiger partial charge in [0, 0.05) is 12.1 Å².